The number of unbranched alkanes of at least 4 members (excludes halogenated alkanes) is 2. The Bertz CT molecular complexity index is 433. The molecule has 0 spiro atoms. The average Bonchev–Trinajstić information content (AvgIpc) is 2.53. The zero-order valence-corrected chi connectivity index (χ0v) is 15.0. The second-order valence-corrected chi connectivity index (χ2v) is 11.8. The van der Waals surface area contributed by atoms with Crippen molar-refractivity contribution in [3.8, 4) is 0 Å². The molecular weight excluding hydrogens is 355 g/mol. The fourth-order valence-corrected chi connectivity index (χ4v) is 8.84. The van der Waals surface area contributed by atoms with Crippen LogP contribution < -0.4 is 7.16 Å². The summed E-state index contributed by atoms with van der Waals surface area (Å²) in [5.74, 6) is 0. The SMILES string of the molecule is OCCCCC[O][SnH]([c]1ccccc1)[c]1ccccc1. The Labute approximate surface area is 128 Å². The van der Waals surface area contributed by atoms with Crippen LogP contribution in [0.25, 0.3) is 0 Å². The molecule has 3 heteroatoms. The minimum absolute atomic E-state index is 0.282. The number of aliphatic hydroxyl groups excluding tert-OH is 1. The van der Waals surface area contributed by atoms with E-state index >= 15 is 0 Å². The van der Waals surface area contributed by atoms with Crippen LogP contribution in [0.15, 0.2) is 60.7 Å². The summed E-state index contributed by atoms with van der Waals surface area (Å²) in [6, 6.07) is 21.3. The van der Waals surface area contributed by atoms with Crippen LogP contribution in [0.2, 0.25) is 0 Å². The normalized spacial score (nSPS) is 10.9. The summed E-state index contributed by atoms with van der Waals surface area (Å²) in [6.07, 6.45) is 2.95. The summed E-state index contributed by atoms with van der Waals surface area (Å²) in [7, 11) is 0. The summed E-state index contributed by atoms with van der Waals surface area (Å²) < 4.78 is 9.07. The maximum atomic E-state index is 8.80. The van der Waals surface area contributed by atoms with Crippen LogP contribution in [0.4, 0.5) is 0 Å². The Morgan fingerprint density at radius 2 is 1.30 bits per heavy atom. The van der Waals surface area contributed by atoms with E-state index in [0.29, 0.717) is 0 Å². The number of aliphatic hydroxyl groups is 1. The molecule has 0 aliphatic carbocycles. The van der Waals surface area contributed by atoms with Gasteiger partial charge in [-0.05, 0) is 0 Å². The number of hydrogen-bond donors (Lipinski definition) is 1. The fourth-order valence-electron chi connectivity index (χ4n) is 2.23. The van der Waals surface area contributed by atoms with E-state index in [2.05, 4.69) is 60.7 Å². The Kier molecular flexibility index (Phi) is 7.12. The van der Waals surface area contributed by atoms with E-state index in [-0.39, 0.29) is 6.61 Å². The summed E-state index contributed by atoms with van der Waals surface area (Å²) >= 11 is -2.36. The molecule has 2 nitrogen and oxygen atoms in total. The first-order chi connectivity index (χ1) is 9.92. The molecule has 0 fully saturated rings. The summed E-state index contributed by atoms with van der Waals surface area (Å²) in [5, 5.41) is 8.80. The van der Waals surface area contributed by atoms with Crippen LogP contribution in [0.3, 0.4) is 0 Å². The Hall–Kier alpha value is -0.841. The molecule has 1 N–H and O–H groups in total. The van der Waals surface area contributed by atoms with Gasteiger partial charge in [-0.3, -0.25) is 0 Å². The van der Waals surface area contributed by atoms with Crippen molar-refractivity contribution in [2.24, 2.45) is 0 Å². The van der Waals surface area contributed by atoms with Crippen LogP contribution in [0.1, 0.15) is 19.3 Å². The average molecular weight is 377 g/mol. The molecule has 0 heterocycles. The van der Waals surface area contributed by atoms with Gasteiger partial charge in [0, 0.05) is 0 Å². The molecular formula is C17H22O2Sn. The third-order valence-corrected chi connectivity index (χ3v) is 10.6. The summed E-state index contributed by atoms with van der Waals surface area (Å²) in [4.78, 5) is 0. The Morgan fingerprint density at radius 3 is 1.80 bits per heavy atom. The van der Waals surface area contributed by atoms with Crippen LogP contribution in [-0.4, -0.2) is 38.5 Å². The molecule has 0 radical (unpaired) electrons. The van der Waals surface area contributed by atoms with Gasteiger partial charge in [-0.2, -0.15) is 0 Å². The molecule has 0 saturated carbocycles. The van der Waals surface area contributed by atoms with Gasteiger partial charge in [0.25, 0.3) is 0 Å². The third-order valence-electron chi connectivity index (χ3n) is 3.29. The minimum atomic E-state index is -2.36. The van der Waals surface area contributed by atoms with E-state index in [4.69, 9.17) is 8.18 Å². The van der Waals surface area contributed by atoms with E-state index < -0.39 is 20.2 Å². The predicted molar refractivity (Wildman–Crippen MR) is 86.2 cm³/mol. The van der Waals surface area contributed by atoms with Gasteiger partial charge in [-0.25, -0.2) is 0 Å². The second-order valence-electron chi connectivity index (χ2n) is 4.86. The van der Waals surface area contributed by atoms with Crippen molar-refractivity contribution in [3.05, 3.63) is 60.7 Å². The van der Waals surface area contributed by atoms with Crippen molar-refractivity contribution in [2.75, 3.05) is 13.2 Å². The van der Waals surface area contributed by atoms with Crippen LogP contribution in [-0.2, 0) is 3.07 Å². The van der Waals surface area contributed by atoms with Crippen LogP contribution in [0.5, 0.6) is 0 Å². The molecule has 0 aromatic heterocycles. The molecule has 0 aliphatic rings. The van der Waals surface area contributed by atoms with E-state index in [9.17, 15) is 0 Å². The molecule has 2 aromatic carbocycles. The topological polar surface area (TPSA) is 29.5 Å². The van der Waals surface area contributed by atoms with Gasteiger partial charge in [0.05, 0.1) is 0 Å². The molecule has 2 aromatic rings. The van der Waals surface area contributed by atoms with E-state index in [1.807, 2.05) is 0 Å². The summed E-state index contributed by atoms with van der Waals surface area (Å²) in [5.41, 5.74) is 0. The Balaban J connectivity index is 2.02. The van der Waals surface area contributed by atoms with Gasteiger partial charge in [-0.1, -0.05) is 0 Å². The van der Waals surface area contributed by atoms with Gasteiger partial charge in [-0.15, -0.1) is 0 Å². The van der Waals surface area contributed by atoms with Crippen LogP contribution in [0, 0.1) is 0 Å². The first-order valence-electron chi connectivity index (χ1n) is 7.24. The standard InChI is InChI=1S/2C6H5.C5H11O2.Sn.H/c2*1-2-4-6-5-3-1;6-4-2-1-3-5-7;;/h2*1-5H;6H,1-5H2;;/q;;-1;+1;. The number of hydrogen-bond acceptors (Lipinski definition) is 2. The fraction of sp³-hybridized carbons (Fsp3) is 0.294. The number of benzene rings is 2. The van der Waals surface area contributed by atoms with Crippen molar-refractivity contribution in [1.29, 1.82) is 0 Å². The van der Waals surface area contributed by atoms with Crippen molar-refractivity contribution in [3.63, 3.8) is 0 Å². The monoisotopic (exact) mass is 378 g/mol. The Morgan fingerprint density at radius 1 is 0.750 bits per heavy atom. The first-order valence-corrected chi connectivity index (χ1v) is 11.9. The predicted octanol–water partition coefficient (Wildman–Crippen LogP) is 1.70. The maximum absolute atomic E-state index is 8.80. The van der Waals surface area contributed by atoms with Gasteiger partial charge in [0.1, 0.15) is 0 Å². The van der Waals surface area contributed by atoms with Crippen molar-refractivity contribution >= 4 is 27.3 Å². The first kappa shape index (κ1) is 15.5. The molecule has 0 amide bonds. The van der Waals surface area contributed by atoms with Crippen LogP contribution >= 0.6 is 0 Å². The molecule has 0 saturated heterocycles. The zero-order chi connectivity index (χ0) is 14.0. The van der Waals surface area contributed by atoms with Gasteiger partial charge in [0.15, 0.2) is 0 Å². The van der Waals surface area contributed by atoms with Gasteiger partial charge < -0.3 is 0 Å². The van der Waals surface area contributed by atoms with Gasteiger partial charge in [0.2, 0.25) is 0 Å². The van der Waals surface area contributed by atoms with Gasteiger partial charge >= 0.3 is 129 Å². The van der Waals surface area contributed by atoms with E-state index in [0.717, 1.165) is 25.9 Å². The molecule has 106 valence electrons. The van der Waals surface area contributed by atoms with Crippen molar-refractivity contribution in [2.45, 2.75) is 19.3 Å². The third kappa shape index (κ3) is 4.93. The molecule has 0 atom stereocenters. The molecule has 0 aliphatic heterocycles. The second kappa shape index (κ2) is 9.16. The molecule has 0 bridgehead atoms. The van der Waals surface area contributed by atoms with E-state index in [1.54, 1.807) is 0 Å². The quantitative estimate of drug-likeness (QED) is 0.561. The van der Waals surface area contributed by atoms with Crippen molar-refractivity contribution < 1.29 is 8.18 Å². The molecule has 0 unspecified atom stereocenters. The number of rotatable bonds is 8. The molecule has 2 rings (SSSR count). The van der Waals surface area contributed by atoms with E-state index in [1.165, 1.54) is 7.16 Å². The van der Waals surface area contributed by atoms with Crippen molar-refractivity contribution in [1.82, 2.24) is 0 Å². The summed E-state index contributed by atoms with van der Waals surface area (Å²) in [6.45, 7) is 1.09. The molecule has 20 heavy (non-hydrogen) atoms. The zero-order valence-electron chi connectivity index (χ0n) is 11.7.